The molecule has 4 aromatic carbocycles. The summed E-state index contributed by atoms with van der Waals surface area (Å²) in [6.07, 6.45) is 1.31. The molecule has 45 heavy (non-hydrogen) atoms. The third-order valence-corrected chi connectivity index (χ3v) is 8.19. The number of hydrogen-bond donors (Lipinski definition) is 2. The molecule has 218 valence electrons. The number of benzene rings is 4. The van der Waals surface area contributed by atoms with Crippen molar-refractivity contribution in [3.8, 4) is 17.5 Å². The largest absolute Gasteiger partial charge is 0.438 e. The van der Waals surface area contributed by atoms with Gasteiger partial charge in [-0.3, -0.25) is 4.79 Å². The minimum atomic E-state index is -1.85. The second kappa shape index (κ2) is 9.29. The van der Waals surface area contributed by atoms with Crippen LogP contribution in [-0.2, 0) is 16.8 Å². The molecule has 8 rings (SSSR count). The van der Waals surface area contributed by atoms with Gasteiger partial charge in [-0.25, -0.2) is 23.4 Å². The molecule has 2 aliphatic heterocycles. The Morgan fingerprint density at radius 1 is 0.933 bits per heavy atom. The number of rotatable bonds is 3. The van der Waals surface area contributed by atoms with Gasteiger partial charge in [0, 0.05) is 11.3 Å². The van der Waals surface area contributed by atoms with E-state index in [9.17, 15) is 14.0 Å². The molecule has 4 N–H and O–H groups in total. The van der Waals surface area contributed by atoms with Gasteiger partial charge >= 0.3 is 0 Å². The molecule has 1 amide bonds. The molecule has 0 saturated heterocycles. The van der Waals surface area contributed by atoms with Gasteiger partial charge < -0.3 is 21.1 Å². The van der Waals surface area contributed by atoms with E-state index in [1.165, 1.54) is 17.2 Å². The van der Waals surface area contributed by atoms with Crippen molar-refractivity contribution in [3.63, 3.8) is 0 Å². The van der Waals surface area contributed by atoms with Crippen molar-refractivity contribution < 1.29 is 18.3 Å². The number of hydrogen-bond acceptors (Lipinski definition) is 9. The molecular weight excluding hydrogens is 580 g/mol. The minimum absolute atomic E-state index is 0.0775. The predicted molar refractivity (Wildman–Crippen MR) is 159 cm³/mol. The van der Waals surface area contributed by atoms with Crippen LogP contribution in [0.25, 0.3) is 27.8 Å². The van der Waals surface area contributed by atoms with Crippen molar-refractivity contribution in [3.05, 3.63) is 119 Å². The van der Waals surface area contributed by atoms with Crippen LogP contribution in [0, 0.1) is 23.0 Å². The zero-order chi connectivity index (χ0) is 31.0. The normalized spacial score (nSPS) is 17.1. The number of nitriles is 1. The summed E-state index contributed by atoms with van der Waals surface area (Å²) >= 11 is 0. The number of halogens is 2. The highest BCUT2D eigenvalue weighted by atomic mass is 19.1. The van der Waals surface area contributed by atoms with E-state index in [-0.39, 0.29) is 40.7 Å². The van der Waals surface area contributed by atoms with Gasteiger partial charge in [-0.1, -0.05) is 41.6 Å². The highest BCUT2D eigenvalue weighted by molar-refractivity contribution is 6.16. The second-order valence-electron chi connectivity index (χ2n) is 10.6. The van der Waals surface area contributed by atoms with Gasteiger partial charge in [0.2, 0.25) is 11.8 Å². The van der Waals surface area contributed by atoms with Crippen molar-refractivity contribution in [2.45, 2.75) is 12.0 Å². The lowest BCUT2D eigenvalue weighted by Crippen LogP contribution is -2.46. The number of fused-ring (bicyclic) bond motifs is 7. The zero-order valence-corrected chi connectivity index (χ0v) is 23.1. The van der Waals surface area contributed by atoms with Gasteiger partial charge in [0.05, 0.1) is 51.8 Å². The first kappa shape index (κ1) is 26.2. The van der Waals surface area contributed by atoms with Crippen LogP contribution in [0.5, 0.6) is 5.75 Å². The summed E-state index contributed by atoms with van der Waals surface area (Å²) in [6, 6.07) is 21.2. The van der Waals surface area contributed by atoms with Crippen molar-refractivity contribution in [1.82, 2.24) is 25.0 Å². The third-order valence-electron chi connectivity index (χ3n) is 8.19. The van der Waals surface area contributed by atoms with Crippen molar-refractivity contribution in [2.24, 2.45) is 5.73 Å². The molecule has 0 radical (unpaired) electrons. The molecule has 11 nitrogen and oxygen atoms in total. The van der Waals surface area contributed by atoms with Crippen LogP contribution in [0.4, 0.5) is 20.2 Å². The summed E-state index contributed by atoms with van der Waals surface area (Å²) in [6.45, 7) is -0.220. The summed E-state index contributed by atoms with van der Waals surface area (Å²) in [5.74, 6) is -2.53. The predicted octanol–water partition coefficient (Wildman–Crippen LogP) is 4.14. The Kier molecular flexibility index (Phi) is 5.41. The van der Waals surface area contributed by atoms with Crippen LogP contribution < -0.4 is 21.1 Å². The van der Waals surface area contributed by atoms with Gasteiger partial charge in [-0.15, -0.1) is 5.10 Å². The minimum Gasteiger partial charge on any atom is -0.438 e. The fourth-order valence-electron chi connectivity index (χ4n) is 6.33. The quantitative estimate of drug-likeness (QED) is 0.225. The number of nitrogens with zero attached hydrogens (tertiary/aromatic N) is 7. The van der Waals surface area contributed by atoms with Crippen molar-refractivity contribution in [1.29, 1.82) is 5.26 Å². The first-order chi connectivity index (χ1) is 21.8. The Labute approximate surface area is 252 Å². The van der Waals surface area contributed by atoms with E-state index in [1.54, 1.807) is 42.5 Å². The molecule has 6 aromatic rings. The van der Waals surface area contributed by atoms with Crippen LogP contribution in [0.2, 0.25) is 0 Å². The Balaban J connectivity index is 1.41. The average Bonchev–Trinajstić information content (AvgIpc) is 3.58. The van der Waals surface area contributed by atoms with E-state index in [0.717, 1.165) is 16.8 Å². The molecule has 1 unspecified atom stereocenters. The van der Waals surface area contributed by atoms with Crippen molar-refractivity contribution >= 4 is 39.3 Å². The molecule has 1 atom stereocenters. The summed E-state index contributed by atoms with van der Waals surface area (Å²) in [5, 5.41) is 18.3. The van der Waals surface area contributed by atoms with E-state index in [2.05, 4.69) is 16.4 Å². The number of aromatic nitrogens is 5. The lowest BCUT2D eigenvalue weighted by Gasteiger charge is -2.35. The number of carbonyl (C=O) groups is 1. The molecule has 2 aromatic heterocycles. The number of nitrogen functional groups attached to an aromatic ring is 1. The lowest BCUT2D eigenvalue weighted by molar-refractivity contribution is -0.121. The molecule has 0 aliphatic carbocycles. The summed E-state index contributed by atoms with van der Waals surface area (Å²) in [5.41, 5.74) is 13.6. The van der Waals surface area contributed by atoms with Crippen LogP contribution in [0.3, 0.4) is 0 Å². The number of nitrogens with two attached hydrogens (primary N) is 2. The molecule has 4 heterocycles. The van der Waals surface area contributed by atoms with Gasteiger partial charge in [0.25, 0.3) is 0 Å². The number of amides is 1. The molecule has 2 aliphatic rings. The number of carbonyl (C=O) groups excluding carboxylic acids is 1. The summed E-state index contributed by atoms with van der Waals surface area (Å²) in [7, 11) is 0. The molecule has 0 bridgehead atoms. The third kappa shape index (κ3) is 3.44. The second-order valence-corrected chi connectivity index (χ2v) is 10.6. The van der Waals surface area contributed by atoms with Gasteiger partial charge in [0.15, 0.2) is 17.4 Å². The highest BCUT2D eigenvalue weighted by Gasteiger charge is 2.60. The maximum atomic E-state index is 15.1. The first-order valence-corrected chi connectivity index (χ1v) is 13.7. The number of para-hydroxylation sites is 4. The fourth-order valence-corrected chi connectivity index (χ4v) is 6.33. The molecule has 13 heteroatoms. The van der Waals surface area contributed by atoms with E-state index in [1.807, 2.05) is 12.1 Å². The maximum Gasteiger partial charge on any atom is 0.248 e. The van der Waals surface area contributed by atoms with E-state index >= 15 is 4.79 Å². The zero-order valence-electron chi connectivity index (χ0n) is 23.1. The Morgan fingerprint density at radius 3 is 2.40 bits per heavy atom. The smallest absolute Gasteiger partial charge is 0.248 e. The Hall–Kier alpha value is -6.42. The standard InChI is InChI=1S/C32H19F2N9O2/c33-19-7-5-8-20(34)28(19)43-16(14-38-41-43)15-42-25-11-4-1-6-17(25)32(31(42)44)18(13-35)30(37)45-29-21(36)12-24-27(26(29)32)40-23-10-3-2-9-22(23)39-24/h1-12,14H,15,36-37H2. The Morgan fingerprint density at radius 2 is 1.64 bits per heavy atom. The van der Waals surface area contributed by atoms with Gasteiger partial charge in [0.1, 0.15) is 22.7 Å². The molecule has 0 fully saturated rings. The van der Waals surface area contributed by atoms with Crippen LogP contribution >= 0.6 is 0 Å². The summed E-state index contributed by atoms with van der Waals surface area (Å²) < 4.78 is 36.6. The maximum absolute atomic E-state index is 15.1. The van der Waals surface area contributed by atoms with Crippen LogP contribution in [0.15, 0.2) is 90.4 Å². The van der Waals surface area contributed by atoms with E-state index < -0.39 is 28.6 Å². The molecule has 0 saturated carbocycles. The summed E-state index contributed by atoms with van der Waals surface area (Å²) in [4.78, 5) is 26.1. The van der Waals surface area contributed by atoms with Crippen LogP contribution in [-0.4, -0.2) is 30.9 Å². The molecule has 1 spiro atoms. The topological polar surface area (TPSA) is 162 Å². The first-order valence-electron chi connectivity index (χ1n) is 13.7. The SMILES string of the molecule is N#CC1=C(N)Oc2c(N)cc3nc4ccccc4nc3c2C12C(=O)N(Cc1cnnn1-c1c(F)cccc1F)c1ccccc12. The highest BCUT2D eigenvalue weighted by Crippen LogP contribution is 2.58. The van der Waals surface area contributed by atoms with Gasteiger partial charge in [-0.05, 0) is 36.4 Å². The average molecular weight is 600 g/mol. The number of anilines is 2. The number of ether oxygens (including phenoxy) is 1. The lowest BCUT2D eigenvalue weighted by atomic mass is 9.68. The monoisotopic (exact) mass is 599 g/mol. The molecular formula is C32H19F2N9O2. The van der Waals surface area contributed by atoms with E-state index in [4.69, 9.17) is 26.2 Å². The fraction of sp³-hybridized carbons (Fsp3) is 0.0625. The van der Waals surface area contributed by atoms with Crippen LogP contribution in [0.1, 0.15) is 16.8 Å². The Bertz CT molecular complexity index is 2330. The van der Waals surface area contributed by atoms with E-state index in [0.29, 0.717) is 33.3 Å². The van der Waals surface area contributed by atoms with Gasteiger partial charge in [-0.2, -0.15) is 5.26 Å². The van der Waals surface area contributed by atoms with Crippen molar-refractivity contribution in [2.75, 3.05) is 10.6 Å².